The Hall–Kier alpha value is -1.30. The van der Waals surface area contributed by atoms with Gasteiger partial charge in [-0.2, -0.15) is 0 Å². The molecule has 0 bridgehead atoms. The van der Waals surface area contributed by atoms with Gasteiger partial charge >= 0.3 is 12.1 Å². The average Bonchev–Trinajstić information content (AvgIpc) is 3.23. The number of amides is 1. The molecule has 1 heterocycles. The van der Waals surface area contributed by atoms with E-state index in [1.165, 1.54) is 44.9 Å². The predicted molar refractivity (Wildman–Crippen MR) is 140 cm³/mol. The van der Waals surface area contributed by atoms with Gasteiger partial charge in [0.2, 0.25) is 0 Å². The molecular formula is C28H54N2O4. The molecular weight excluding hydrogens is 428 g/mol. The Morgan fingerprint density at radius 1 is 0.882 bits per heavy atom. The minimum atomic E-state index is -0.455. The lowest BCUT2D eigenvalue weighted by molar-refractivity contribution is -0.144. The van der Waals surface area contributed by atoms with Crippen LogP contribution in [0.4, 0.5) is 4.79 Å². The Labute approximate surface area is 210 Å². The fourth-order valence-electron chi connectivity index (χ4n) is 4.48. The summed E-state index contributed by atoms with van der Waals surface area (Å²) in [6, 6.07) is 0. The van der Waals surface area contributed by atoms with Crippen LogP contribution in [0.3, 0.4) is 0 Å². The Bertz CT molecular complexity index is 547. The minimum absolute atomic E-state index is 0.0658. The number of carbonyl (C=O) groups is 2. The number of rotatable bonds is 18. The lowest BCUT2D eigenvalue weighted by Gasteiger charge is -2.27. The normalized spacial score (nSPS) is 16.3. The van der Waals surface area contributed by atoms with Crippen molar-refractivity contribution in [2.45, 2.75) is 124 Å². The highest BCUT2D eigenvalue weighted by Crippen LogP contribution is 2.21. The monoisotopic (exact) mass is 482 g/mol. The zero-order valence-corrected chi connectivity index (χ0v) is 23.0. The van der Waals surface area contributed by atoms with E-state index in [9.17, 15) is 9.59 Å². The topological polar surface area (TPSA) is 59.1 Å². The van der Waals surface area contributed by atoms with Crippen LogP contribution in [0.15, 0.2) is 0 Å². The third-order valence-electron chi connectivity index (χ3n) is 6.40. The van der Waals surface area contributed by atoms with E-state index in [4.69, 9.17) is 9.47 Å². The summed E-state index contributed by atoms with van der Waals surface area (Å²) >= 11 is 0. The smallest absolute Gasteiger partial charge is 0.410 e. The minimum Gasteiger partial charge on any atom is -0.466 e. The third kappa shape index (κ3) is 15.6. The number of ether oxygens (including phenoxy) is 2. The van der Waals surface area contributed by atoms with Crippen molar-refractivity contribution < 1.29 is 19.1 Å². The van der Waals surface area contributed by atoms with E-state index < -0.39 is 5.60 Å². The molecule has 1 aliphatic heterocycles. The van der Waals surface area contributed by atoms with E-state index >= 15 is 0 Å². The van der Waals surface area contributed by atoms with Crippen LogP contribution in [-0.4, -0.2) is 66.8 Å². The zero-order valence-electron chi connectivity index (χ0n) is 23.0. The molecule has 0 aliphatic carbocycles. The van der Waals surface area contributed by atoms with E-state index in [1.54, 1.807) is 0 Å². The molecule has 0 spiro atoms. The van der Waals surface area contributed by atoms with Crippen molar-refractivity contribution in [1.29, 1.82) is 0 Å². The molecule has 1 rings (SSSR count). The van der Waals surface area contributed by atoms with Crippen molar-refractivity contribution >= 4 is 12.1 Å². The summed E-state index contributed by atoms with van der Waals surface area (Å²) in [6.07, 6.45) is 14.5. The molecule has 1 aliphatic rings. The fourth-order valence-corrected chi connectivity index (χ4v) is 4.48. The highest BCUT2D eigenvalue weighted by Gasteiger charge is 2.30. The first-order chi connectivity index (χ1) is 16.2. The summed E-state index contributed by atoms with van der Waals surface area (Å²) in [6.45, 7) is 15.2. The molecule has 1 unspecified atom stereocenters. The summed E-state index contributed by atoms with van der Waals surface area (Å²) in [5.41, 5.74) is -0.455. The summed E-state index contributed by atoms with van der Waals surface area (Å²) in [7, 11) is 0. The van der Waals surface area contributed by atoms with Crippen LogP contribution in [-0.2, 0) is 14.3 Å². The van der Waals surface area contributed by atoms with E-state index in [1.807, 2.05) is 25.7 Å². The van der Waals surface area contributed by atoms with E-state index in [-0.39, 0.29) is 12.1 Å². The molecule has 1 amide bonds. The molecule has 0 aromatic rings. The maximum absolute atomic E-state index is 12.4. The number of esters is 1. The Morgan fingerprint density at radius 2 is 1.50 bits per heavy atom. The fraction of sp³-hybridized carbons (Fsp3) is 0.929. The molecule has 0 saturated carbocycles. The SMILES string of the molecule is CCCCCCCCCN(CCCC(=O)OCCCCC)CC1CCN(C(=O)OC(C)(C)C)C1. The molecule has 1 saturated heterocycles. The number of hydrogen-bond acceptors (Lipinski definition) is 5. The van der Waals surface area contributed by atoms with Crippen LogP contribution in [0.5, 0.6) is 0 Å². The lowest BCUT2D eigenvalue weighted by Crippen LogP contribution is -2.37. The van der Waals surface area contributed by atoms with Gasteiger partial charge in [0.25, 0.3) is 0 Å². The van der Waals surface area contributed by atoms with Crippen LogP contribution >= 0.6 is 0 Å². The molecule has 6 heteroatoms. The number of carbonyl (C=O) groups excluding carboxylic acids is 2. The van der Waals surface area contributed by atoms with Crippen molar-refractivity contribution in [3.8, 4) is 0 Å². The largest absolute Gasteiger partial charge is 0.466 e. The highest BCUT2D eigenvalue weighted by atomic mass is 16.6. The molecule has 0 N–H and O–H groups in total. The third-order valence-corrected chi connectivity index (χ3v) is 6.40. The first kappa shape index (κ1) is 30.7. The highest BCUT2D eigenvalue weighted by molar-refractivity contribution is 5.69. The number of hydrogen-bond donors (Lipinski definition) is 0. The maximum atomic E-state index is 12.4. The van der Waals surface area contributed by atoms with Crippen LogP contribution in [0, 0.1) is 5.92 Å². The number of unbranched alkanes of at least 4 members (excludes halogenated alkanes) is 8. The molecule has 1 fully saturated rings. The number of likely N-dealkylation sites (tertiary alicyclic amines) is 1. The second kappa shape index (κ2) is 18.0. The van der Waals surface area contributed by atoms with Crippen molar-refractivity contribution in [3.05, 3.63) is 0 Å². The van der Waals surface area contributed by atoms with Crippen LogP contribution in [0.1, 0.15) is 118 Å². The van der Waals surface area contributed by atoms with Gasteiger partial charge in [0.05, 0.1) is 6.61 Å². The van der Waals surface area contributed by atoms with Gasteiger partial charge in [-0.25, -0.2) is 4.79 Å². The average molecular weight is 483 g/mol. The second-order valence-electron chi connectivity index (χ2n) is 11.0. The molecule has 6 nitrogen and oxygen atoms in total. The number of nitrogens with zero attached hydrogens (tertiary/aromatic N) is 2. The summed E-state index contributed by atoms with van der Waals surface area (Å²) in [5.74, 6) is 0.405. The first-order valence-corrected chi connectivity index (χ1v) is 14.1. The molecule has 0 aromatic heterocycles. The van der Waals surface area contributed by atoms with Gasteiger partial charge in [-0.05, 0) is 65.5 Å². The summed E-state index contributed by atoms with van der Waals surface area (Å²) in [4.78, 5) is 28.8. The lowest BCUT2D eigenvalue weighted by atomic mass is 10.1. The molecule has 34 heavy (non-hydrogen) atoms. The van der Waals surface area contributed by atoms with Gasteiger partial charge < -0.3 is 19.3 Å². The first-order valence-electron chi connectivity index (χ1n) is 14.1. The van der Waals surface area contributed by atoms with Gasteiger partial charge in [-0.3, -0.25) is 4.79 Å². The van der Waals surface area contributed by atoms with Gasteiger partial charge in [-0.1, -0.05) is 65.2 Å². The van der Waals surface area contributed by atoms with Gasteiger partial charge in [0, 0.05) is 26.1 Å². The van der Waals surface area contributed by atoms with Crippen LogP contribution in [0.2, 0.25) is 0 Å². The molecule has 200 valence electrons. The Balaban J connectivity index is 2.42. The van der Waals surface area contributed by atoms with Crippen LogP contribution < -0.4 is 0 Å². The van der Waals surface area contributed by atoms with E-state index in [0.717, 1.165) is 64.8 Å². The van der Waals surface area contributed by atoms with E-state index in [0.29, 0.717) is 18.9 Å². The van der Waals surface area contributed by atoms with Crippen molar-refractivity contribution in [3.63, 3.8) is 0 Å². The van der Waals surface area contributed by atoms with E-state index in [2.05, 4.69) is 18.7 Å². The Kier molecular flexibility index (Phi) is 16.3. The molecule has 0 aromatic carbocycles. The van der Waals surface area contributed by atoms with Gasteiger partial charge in [0.1, 0.15) is 5.60 Å². The van der Waals surface area contributed by atoms with Crippen molar-refractivity contribution in [2.24, 2.45) is 5.92 Å². The van der Waals surface area contributed by atoms with Gasteiger partial charge in [-0.15, -0.1) is 0 Å². The molecule has 0 radical (unpaired) electrons. The second-order valence-corrected chi connectivity index (χ2v) is 11.0. The standard InChI is InChI=1S/C28H54N2O4/c1-6-8-10-11-12-13-14-19-29(20-16-17-26(31)33-22-15-9-7-2)23-25-18-21-30(24-25)27(32)34-28(3,4)5/h25H,6-24H2,1-5H3. The predicted octanol–water partition coefficient (Wildman–Crippen LogP) is 6.81. The van der Waals surface area contributed by atoms with Crippen molar-refractivity contribution in [2.75, 3.05) is 39.3 Å². The van der Waals surface area contributed by atoms with Crippen molar-refractivity contribution in [1.82, 2.24) is 9.80 Å². The Morgan fingerprint density at radius 3 is 2.18 bits per heavy atom. The quantitative estimate of drug-likeness (QED) is 0.159. The maximum Gasteiger partial charge on any atom is 0.410 e. The van der Waals surface area contributed by atoms with Crippen LogP contribution in [0.25, 0.3) is 0 Å². The van der Waals surface area contributed by atoms with Gasteiger partial charge in [0.15, 0.2) is 0 Å². The summed E-state index contributed by atoms with van der Waals surface area (Å²) < 4.78 is 10.9. The molecule has 1 atom stereocenters. The zero-order chi connectivity index (χ0) is 25.2. The summed E-state index contributed by atoms with van der Waals surface area (Å²) in [5, 5.41) is 0.